The van der Waals surface area contributed by atoms with Gasteiger partial charge in [0.25, 0.3) is 0 Å². The Bertz CT molecular complexity index is 59.5. The molecule has 48 valence electrons. The van der Waals surface area contributed by atoms with E-state index in [-0.39, 0.29) is 0 Å². The molecule has 0 aromatic heterocycles. The van der Waals surface area contributed by atoms with Crippen LogP contribution in [0.25, 0.3) is 0 Å². The van der Waals surface area contributed by atoms with Gasteiger partial charge in [0.2, 0.25) is 0 Å². The third kappa shape index (κ3) is 1.46. The molecule has 1 heterocycles. The van der Waals surface area contributed by atoms with Crippen molar-refractivity contribution in [2.75, 3.05) is 26.2 Å². The lowest BCUT2D eigenvalue weighted by molar-refractivity contribution is 0.180. The molecular formula is C6H14N2. The van der Waals surface area contributed by atoms with E-state index in [1.165, 1.54) is 32.5 Å². The van der Waals surface area contributed by atoms with E-state index in [9.17, 15) is 0 Å². The Morgan fingerprint density at radius 1 is 1.38 bits per heavy atom. The molecule has 1 fully saturated rings. The summed E-state index contributed by atoms with van der Waals surface area (Å²) in [5.41, 5.74) is 5.33. The minimum absolute atomic E-state index is 0.844. The molecule has 8 heavy (non-hydrogen) atoms. The van der Waals surface area contributed by atoms with Crippen LogP contribution in [0, 0.1) is 0 Å². The van der Waals surface area contributed by atoms with Crippen LogP contribution in [0.3, 0.4) is 0 Å². The predicted molar refractivity (Wildman–Crippen MR) is 34.7 cm³/mol. The molecule has 0 bridgehead atoms. The van der Waals surface area contributed by atoms with Crippen molar-refractivity contribution in [2.45, 2.75) is 12.8 Å². The van der Waals surface area contributed by atoms with Crippen LogP contribution < -0.4 is 5.73 Å². The highest BCUT2D eigenvalue weighted by atomic mass is 15.2. The van der Waals surface area contributed by atoms with Crippen LogP contribution in [0.5, 0.6) is 0 Å². The molecular weight excluding hydrogens is 100 g/mol. The highest BCUT2D eigenvalue weighted by Gasteiger charge is 2.11. The maximum absolute atomic E-state index is 5.33. The van der Waals surface area contributed by atoms with Gasteiger partial charge in [0.05, 0.1) is 0 Å². The highest BCUT2D eigenvalue weighted by Crippen LogP contribution is 2.04. The Morgan fingerprint density at radius 2 is 2.12 bits per heavy atom. The molecule has 2 heteroatoms. The Kier molecular flexibility index (Phi) is 2.30. The van der Waals surface area contributed by atoms with Crippen molar-refractivity contribution in [2.24, 2.45) is 5.73 Å². The van der Waals surface area contributed by atoms with Crippen LogP contribution in [0.4, 0.5) is 0 Å². The Labute approximate surface area is 50.7 Å². The van der Waals surface area contributed by atoms with E-state index >= 15 is 0 Å². The molecule has 2 N–H and O–H groups in total. The van der Waals surface area contributed by atoms with Crippen molar-refractivity contribution < 1.29 is 0 Å². The van der Waals surface area contributed by atoms with Crippen molar-refractivity contribution in [3.8, 4) is 0 Å². The van der Waals surface area contributed by atoms with Crippen LogP contribution in [0.15, 0.2) is 0 Å². The monoisotopic (exact) mass is 114 g/mol. The number of nitrogens with zero attached hydrogens (tertiary/aromatic N) is 1. The maximum Gasteiger partial charge on any atom is -0.000653 e. The smallest absolute Gasteiger partial charge is 0.000653 e. The zero-order chi connectivity index (χ0) is 5.82. The average Bonchev–Trinajstić information content (AvgIpc) is 1.63. The summed E-state index contributed by atoms with van der Waals surface area (Å²) in [5, 5.41) is 0. The lowest BCUT2D eigenvalue weighted by Gasteiger charge is -2.30. The molecule has 2 nitrogen and oxygen atoms in total. The van der Waals surface area contributed by atoms with Gasteiger partial charge in [-0.05, 0) is 39.0 Å². The molecule has 0 saturated carbocycles. The van der Waals surface area contributed by atoms with Crippen LogP contribution in [-0.2, 0) is 0 Å². The van der Waals surface area contributed by atoms with E-state index in [1.54, 1.807) is 0 Å². The summed E-state index contributed by atoms with van der Waals surface area (Å²) in [7, 11) is 0. The third-order valence-electron chi connectivity index (χ3n) is 1.63. The fourth-order valence-electron chi connectivity index (χ4n) is 0.920. The van der Waals surface area contributed by atoms with Gasteiger partial charge >= 0.3 is 0 Å². The van der Waals surface area contributed by atoms with Crippen LogP contribution in [-0.4, -0.2) is 31.1 Å². The zero-order valence-corrected chi connectivity index (χ0v) is 5.27. The van der Waals surface area contributed by atoms with Gasteiger partial charge in [-0.25, -0.2) is 0 Å². The van der Waals surface area contributed by atoms with E-state index in [1.807, 2.05) is 0 Å². The molecule has 1 aliphatic rings. The summed E-state index contributed by atoms with van der Waals surface area (Å²) in [6.07, 6.45) is 2.56. The van der Waals surface area contributed by atoms with Crippen molar-refractivity contribution in [1.29, 1.82) is 0 Å². The van der Waals surface area contributed by atoms with Gasteiger partial charge in [-0.1, -0.05) is 0 Å². The molecule has 1 saturated heterocycles. The second-order valence-electron chi connectivity index (χ2n) is 2.34. The minimum atomic E-state index is 0.844. The molecule has 0 aliphatic carbocycles. The van der Waals surface area contributed by atoms with Crippen LogP contribution in [0.2, 0.25) is 0 Å². The Hall–Kier alpha value is -0.0800. The molecule has 0 spiro atoms. The number of nitrogens with two attached hydrogens (primary N) is 1. The average molecular weight is 114 g/mol. The van der Waals surface area contributed by atoms with Gasteiger partial charge < -0.3 is 10.6 Å². The fraction of sp³-hybridized carbons (Fsp3) is 1.00. The molecule has 1 rings (SSSR count). The first-order valence-electron chi connectivity index (χ1n) is 3.36. The lowest BCUT2D eigenvalue weighted by atomic mass is 10.2. The summed E-state index contributed by atoms with van der Waals surface area (Å²) in [6, 6.07) is 0. The van der Waals surface area contributed by atoms with Gasteiger partial charge in [0, 0.05) is 0 Å². The number of likely N-dealkylation sites (tertiary alicyclic amines) is 1. The van der Waals surface area contributed by atoms with Gasteiger partial charge in [-0.3, -0.25) is 0 Å². The maximum atomic E-state index is 5.33. The van der Waals surface area contributed by atoms with Gasteiger partial charge in [-0.15, -0.1) is 0 Å². The first-order chi connectivity index (χ1) is 3.93. The summed E-state index contributed by atoms with van der Waals surface area (Å²) in [4.78, 5) is 2.44. The number of rotatable bonds is 3. The van der Waals surface area contributed by atoms with Crippen LogP contribution >= 0.6 is 0 Å². The van der Waals surface area contributed by atoms with Crippen molar-refractivity contribution in [1.82, 2.24) is 4.90 Å². The zero-order valence-electron chi connectivity index (χ0n) is 5.27. The first-order valence-corrected chi connectivity index (χ1v) is 3.36. The van der Waals surface area contributed by atoms with Gasteiger partial charge in [0.1, 0.15) is 0 Å². The van der Waals surface area contributed by atoms with E-state index in [2.05, 4.69) is 4.90 Å². The van der Waals surface area contributed by atoms with E-state index < -0.39 is 0 Å². The molecule has 0 unspecified atom stereocenters. The normalized spacial score (nSPS) is 20.6. The van der Waals surface area contributed by atoms with Gasteiger partial charge in [0.15, 0.2) is 0 Å². The quantitative estimate of drug-likeness (QED) is 0.561. The first kappa shape index (κ1) is 6.05. The Balaban J connectivity index is 1.86. The summed E-state index contributed by atoms with van der Waals surface area (Å²) in [5.74, 6) is 0. The SMILES string of the molecule is NCCCN1CCC1. The number of hydrogen-bond acceptors (Lipinski definition) is 2. The lowest BCUT2D eigenvalue weighted by Crippen LogP contribution is -2.38. The molecule has 0 aromatic carbocycles. The number of hydrogen-bond donors (Lipinski definition) is 1. The fourth-order valence-corrected chi connectivity index (χ4v) is 0.920. The molecule has 0 amide bonds. The minimum Gasteiger partial charge on any atom is -0.330 e. The molecule has 0 radical (unpaired) electrons. The van der Waals surface area contributed by atoms with Crippen molar-refractivity contribution >= 4 is 0 Å². The molecule has 1 aliphatic heterocycles. The third-order valence-corrected chi connectivity index (χ3v) is 1.63. The second kappa shape index (κ2) is 3.05. The van der Waals surface area contributed by atoms with Crippen LogP contribution in [0.1, 0.15) is 12.8 Å². The molecule has 0 aromatic rings. The standard InChI is InChI=1S/C6H14N2/c7-3-1-4-8-5-2-6-8/h1-7H2. The topological polar surface area (TPSA) is 29.3 Å². The van der Waals surface area contributed by atoms with E-state index in [0.717, 1.165) is 6.54 Å². The highest BCUT2D eigenvalue weighted by molar-refractivity contribution is 4.67. The van der Waals surface area contributed by atoms with Crippen molar-refractivity contribution in [3.63, 3.8) is 0 Å². The largest absolute Gasteiger partial charge is 0.330 e. The summed E-state index contributed by atoms with van der Waals surface area (Å²) < 4.78 is 0. The van der Waals surface area contributed by atoms with Crippen molar-refractivity contribution in [3.05, 3.63) is 0 Å². The Morgan fingerprint density at radius 3 is 2.50 bits per heavy atom. The van der Waals surface area contributed by atoms with Gasteiger partial charge in [-0.2, -0.15) is 0 Å². The predicted octanol–water partition coefficient (Wildman–Crippen LogP) is 0.0409. The molecule has 0 atom stereocenters. The second-order valence-corrected chi connectivity index (χ2v) is 2.34. The summed E-state index contributed by atoms with van der Waals surface area (Å²) in [6.45, 7) is 4.67. The van der Waals surface area contributed by atoms with E-state index in [0.29, 0.717) is 0 Å². The van der Waals surface area contributed by atoms with E-state index in [4.69, 9.17) is 5.73 Å². The summed E-state index contributed by atoms with van der Waals surface area (Å²) >= 11 is 0.